The highest BCUT2D eigenvalue weighted by Crippen LogP contribution is 2.34. The summed E-state index contributed by atoms with van der Waals surface area (Å²) in [7, 11) is 0. The molecule has 1 aromatic heterocycles. The maximum atomic E-state index is 13.7. The molecule has 10 nitrogen and oxygen atoms in total. The molecule has 1 fully saturated rings. The van der Waals surface area contributed by atoms with E-state index in [9.17, 15) is 14.4 Å². The molecular formula is C27H29N7O3. The minimum absolute atomic E-state index is 0.0994. The van der Waals surface area contributed by atoms with Gasteiger partial charge in [0.1, 0.15) is 11.4 Å². The minimum Gasteiger partial charge on any atom is -0.354 e. The number of nitrogens with zero attached hydrogens (tertiary/aromatic N) is 5. The number of rotatable bonds is 6. The molecule has 0 bridgehead atoms. The normalized spacial score (nSPS) is 16.5. The van der Waals surface area contributed by atoms with E-state index in [2.05, 4.69) is 25.6 Å². The van der Waals surface area contributed by atoms with Gasteiger partial charge in [0.2, 0.25) is 11.9 Å². The SMILES string of the molecule is CCNc1ncc2c(n1)N1CCC[C@H]1CN(c1cccc(C(=O)N(Nc3ccccc3)C(C)=O)c1)C2=O. The molecule has 2 aliphatic heterocycles. The Kier molecular flexibility index (Phi) is 6.72. The van der Waals surface area contributed by atoms with E-state index >= 15 is 0 Å². The molecular weight excluding hydrogens is 470 g/mol. The summed E-state index contributed by atoms with van der Waals surface area (Å²) < 4.78 is 0. The van der Waals surface area contributed by atoms with Crippen molar-refractivity contribution in [3.8, 4) is 0 Å². The maximum Gasteiger partial charge on any atom is 0.279 e. The number of aromatic nitrogens is 2. The summed E-state index contributed by atoms with van der Waals surface area (Å²) in [5, 5.41) is 4.10. The summed E-state index contributed by atoms with van der Waals surface area (Å²) in [6, 6.07) is 15.9. The summed E-state index contributed by atoms with van der Waals surface area (Å²) >= 11 is 0. The lowest BCUT2D eigenvalue weighted by Crippen LogP contribution is -2.41. The molecule has 1 saturated heterocycles. The van der Waals surface area contributed by atoms with Gasteiger partial charge in [-0.25, -0.2) is 4.98 Å². The maximum absolute atomic E-state index is 13.7. The molecule has 2 N–H and O–H groups in total. The van der Waals surface area contributed by atoms with Crippen LogP contribution in [0.4, 0.5) is 23.1 Å². The van der Waals surface area contributed by atoms with Gasteiger partial charge in [0, 0.05) is 50.0 Å². The molecule has 37 heavy (non-hydrogen) atoms. The number of carbonyl (C=O) groups excluding carboxylic acids is 3. The second-order valence-corrected chi connectivity index (χ2v) is 9.05. The predicted octanol–water partition coefficient (Wildman–Crippen LogP) is 3.55. The second kappa shape index (κ2) is 10.3. The Hall–Kier alpha value is -4.47. The number of amides is 3. The molecule has 0 unspecified atom stereocenters. The molecule has 190 valence electrons. The van der Waals surface area contributed by atoms with Crippen molar-refractivity contribution in [3.63, 3.8) is 0 Å². The summed E-state index contributed by atoms with van der Waals surface area (Å²) in [6.07, 6.45) is 3.51. The molecule has 0 spiro atoms. The van der Waals surface area contributed by atoms with Crippen molar-refractivity contribution in [2.45, 2.75) is 32.7 Å². The number of para-hydroxylation sites is 1. The molecule has 0 aliphatic carbocycles. The number of fused-ring (bicyclic) bond motifs is 3. The Morgan fingerprint density at radius 3 is 2.70 bits per heavy atom. The fraction of sp³-hybridized carbons (Fsp3) is 0.296. The topological polar surface area (TPSA) is 111 Å². The Morgan fingerprint density at radius 2 is 1.95 bits per heavy atom. The van der Waals surface area contributed by atoms with Gasteiger partial charge in [-0.2, -0.15) is 9.99 Å². The van der Waals surface area contributed by atoms with E-state index in [1.807, 2.05) is 25.1 Å². The summed E-state index contributed by atoms with van der Waals surface area (Å²) in [5.41, 5.74) is 4.78. The molecule has 3 heterocycles. The molecule has 2 aliphatic rings. The number of benzene rings is 2. The Balaban J connectivity index is 1.47. The lowest BCUT2D eigenvalue weighted by Gasteiger charge is -2.27. The van der Waals surface area contributed by atoms with Crippen molar-refractivity contribution in [3.05, 3.63) is 71.9 Å². The molecule has 3 amide bonds. The number of imide groups is 1. The van der Waals surface area contributed by atoms with Gasteiger partial charge in [-0.15, -0.1) is 0 Å². The number of hydrogen-bond acceptors (Lipinski definition) is 8. The van der Waals surface area contributed by atoms with Crippen molar-refractivity contribution in [1.82, 2.24) is 15.0 Å². The van der Waals surface area contributed by atoms with Crippen LogP contribution in [0.2, 0.25) is 0 Å². The third-order valence-corrected chi connectivity index (χ3v) is 6.56. The van der Waals surface area contributed by atoms with Crippen molar-refractivity contribution >= 4 is 40.9 Å². The third-order valence-electron chi connectivity index (χ3n) is 6.56. The van der Waals surface area contributed by atoms with Crippen LogP contribution in [0.5, 0.6) is 0 Å². The van der Waals surface area contributed by atoms with E-state index in [1.54, 1.807) is 47.5 Å². The van der Waals surface area contributed by atoms with Crippen molar-refractivity contribution in [2.24, 2.45) is 0 Å². The molecule has 10 heteroatoms. The van der Waals surface area contributed by atoms with Gasteiger partial charge in [-0.1, -0.05) is 24.3 Å². The molecule has 0 radical (unpaired) electrons. The zero-order valence-corrected chi connectivity index (χ0v) is 20.8. The average Bonchev–Trinajstić information content (AvgIpc) is 3.34. The zero-order valence-electron chi connectivity index (χ0n) is 20.8. The van der Waals surface area contributed by atoms with Crippen LogP contribution in [0.15, 0.2) is 60.8 Å². The highest BCUT2D eigenvalue weighted by atomic mass is 16.2. The first kappa shape index (κ1) is 24.2. The van der Waals surface area contributed by atoms with Crippen LogP contribution < -0.4 is 20.5 Å². The van der Waals surface area contributed by atoms with E-state index in [0.29, 0.717) is 41.8 Å². The number of hydrogen-bond donors (Lipinski definition) is 2. The highest BCUT2D eigenvalue weighted by Gasteiger charge is 2.37. The standard InChI is InChI=1S/C27H29N7O3/c1-3-28-27-29-16-23-24(30-27)32-14-8-13-22(32)17-33(26(23)37)21-12-7-9-19(15-21)25(36)34(18(2)35)31-20-10-5-4-6-11-20/h4-7,9-12,15-16,22,31H,3,8,13-14,17H2,1-2H3,(H,28,29,30)/t22-/m0/s1. The smallest absolute Gasteiger partial charge is 0.279 e. The minimum atomic E-state index is -0.512. The van der Waals surface area contributed by atoms with E-state index in [4.69, 9.17) is 0 Å². The van der Waals surface area contributed by atoms with E-state index < -0.39 is 11.8 Å². The quantitative estimate of drug-likeness (QED) is 0.496. The molecule has 2 aromatic carbocycles. The van der Waals surface area contributed by atoms with Crippen LogP contribution in [0, 0.1) is 0 Å². The number of carbonyl (C=O) groups is 3. The third kappa shape index (κ3) is 4.82. The first-order valence-corrected chi connectivity index (χ1v) is 12.4. The number of nitrogens with one attached hydrogen (secondary N) is 2. The van der Waals surface area contributed by atoms with E-state index in [-0.39, 0.29) is 17.5 Å². The lowest BCUT2D eigenvalue weighted by molar-refractivity contribution is -0.125. The van der Waals surface area contributed by atoms with Crippen molar-refractivity contribution in [2.75, 3.05) is 40.2 Å². The van der Waals surface area contributed by atoms with Gasteiger partial charge >= 0.3 is 0 Å². The van der Waals surface area contributed by atoms with Crippen LogP contribution in [0.3, 0.4) is 0 Å². The number of hydrazine groups is 1. The van der Waals surface area contributed by atoms with Gasteiger partial charge in [0.25, 0.3) is 11.8 Å². The largest absolute Gasteiger partial charge is 0.354 e. The van der Waals surface area contributed by atoms with Gasteiger partial charge in [-0.3, -0.25) is 19.8 Å². The predicted molar refractivity (Wildman–Crippen MR) is 142 cm³/mol. The fourth-order valence-corrected chi connectivity index (χ4v) is 4.80. The van der Waals surface area contributed by atoms with Gasteiger partial charge in [0.15, 0.2) is 0 Å². The van der Waals surface area contributed by atoms with Crippen LogP contribution in [-0.2, 0) is 4.79 Å². The zero-order chi connectivity index (χ0) is 25.9. The van der Waals surface area contributed by atoms with Crippen LogP contribution >= 0.6 is 0 Å². The monoisotopic (exact) mass is 499 g/mol. The van der Waals surface area contributed by atoms with E-state index in [1.165, 1.54) is 6.92 Å². The number of anilines is 4. The Labute approximate surface area is 215 Å². The van der Waals surface area contributed by atoms with Crippen LogP contribution in [-0.4, -0.2) is 58.4 Å². The second-order valence-electron chi connectivity index (χ2n) is 9.05. The van der Waals surface area contributed by atoms with Gasteiger partial charge in [-0.05, 0) is 50.1 Å². The van der Waals surface area contributed by atoms with Crippen molar-refractivity contribution < 1.29 is 14.4 Å². The molecule has 3 aromatic rings. The van der Waals surface area contributed by atoms with Crippen LogP contribution in [0.1, 0.15) is 47.4 Å². The summed E-state index contributed by atoms with van der Waals surface area (Å²) in [6.45, 7) is 5.25. The van der Waals surface area contributed by atoms with Gasteiger partial charge in [0.05, 0.1) is 5.69 Å². The highest BCUT2D eigenvalue weighted by molar-refractivity contribution is 6.11. The molecule has 5 rings (SSSR count). The summed E-state index contributed by atoms with van der Waals surface area (Å²) in [5.74, 6) is -0.0434. The lowest BCUT2D eigenvalue weighted by atomic mass is 10.1. The van der Waals surface area contributed by atoms with E-state index in [0.717, 1.165) is 24.4 Å². The van der Waals surface area contributed by atoms with Crippen molar-refractivity contribution in [1.29, 1.82) is 0 Å². The van der Waals surface area contributed by atoms with Crippen LogP contribution in [0.25, 0.3) is 0 Å². The summed E-state index contributed by atoms with van der Waals surface area (Å²) in [4.78, 5) is 52.3. The molecule has 0 saturated carbocycles. The first-order chi connectivity index (χ1) is 18.0. The average molecular weight is 500 g/mol. The fourth-order valence-electron chi connectivity index (χ4n) is 4.80. The Bertz CT molecular complexity index is 1330. The Morgan fingerprint density at radius 1 is 1.14 bits per heavy atom. The van der Waals surface area contributed by atoms with Gasteiger partial charge < -0.3 is 15.1 Å². The first-order valence-electron chi connectivity index (χ1n) is 12.4. The molecule has 1 atom stereocenters.